The summed E-state index contributed by atoms with van der Waals surface area (Å²) in [4.78, 5) is 12.2. The second-order valence-electron chi connectivity index (χ2n) is 4.18. The van der Waals surface area contributed by atoms with Crippen molar-refractivity contribution in [3.8, 4) is 6.07 Å². The van der Waals surface area contributed by atoms with Gasteiger partial charge in [0.05, 0.1) is 17.0 Å². The Kier molecular flexibility index (Phi) is 3.35. The maximum atomic E-state index is 10.5. The maximum absolute atomic E-state index is 10.5. The number of hydrogen-bond donors (Lipinski definition) is 0. The van der Waals surface area contributed by atoms with Crippen LogP contribution in [0, 0.1) is 21.4 Å². The molecular formula is C12H13N3O2. The Morgan fingerprint density at radius 3 is 2.76 bits per heavy atom. The van der Waals surface area contributed by atoms with E-state index in [0.29, 0.717) is 6.54 Å². The molecule has 1 fully saturated rings. The Labute approximate surface area is 99.4 Å². The van der Waals surface area contributed by atoms with Gasteiger partial charge < -0.3 is 0 Å². The molecule has 1 atom stereocenters. The summed E-state index contributed by atoms with van der Waals surface area (Å²) in [6.07, 6.45) is 1.97. The molecule has 1 aliphatic heterocycles. The lowest BCUT2D eigenvalue weighted by Crippen LogP contribution is -2.27. The third kappa shape index (κ3) is 2.60. The van der Waals surface area contributed by atoms with E-state index in [1.807, 2.05) is 0 Å². The van der Waals surface area contributed by atoms with E-state index in [-0.39, 0.29) is 11.7 Å². The minimum atomic E-state index is -0.405. The van der Waals surface area contributed by atoms with Crippen LogP contribution < -0.4 is 0 Å². The Balaban J connectivity index is 2.04. The van der Waals surface area contributed by atoms with Gasteiger partial charge >= 0.3 is 0 Å². The summed E-state index contributed by atoms with van der Waals surface area (Å²) in [7, 11) is 0. The van der Waals surface area contributed by atoms with Crippen molar-refractivity contribution in [2.24, 2.45) is 0 Å². The molecule has 0 bridgehead atoms. The lowest BCUT2D eigenvalue weighted by molar-refractivity contribution is -0.384. The number of likely N-dealkylation sites (tertiary alicyclic amines) is 1. The van der Waals surface area contributed by atoms with Crippen molar-refractivity contribution < 1.29 is 4.92 Å². The van der Waals surface area contributed by atoms with Gasteiger partial charge in [0.2, 0.25) is 0 Å². The summed E-state index contributed by atoms with van der Waals surface area (Å²) in [5, 5.41) is 19.5. The van der Waals surface area contributed by atoms with E-state index in [1.165, 1.54) is 12.1 Å². The third-order valence-corrected chi connectivity index (χ3v) is 3.05. The molecule has 1 aromatic rings. The molecule has 2 rings (SSSR count). The molecule has 17 heavy (non-hydrogen) atoms. The zero-order valence-corrected chi connectivity index (χ0v) is 9.37. The number of hydrogen-bond acceptors (Lipinski definition) is 4. The number of rotatable bonds is 3. The summed E-state index contributed by atoms with van der Waals surface area (Å²) in [6, 6.07) is 8.80. The highest BCUT2D eigenvalue weighted by Crippen LogP contribution is 2.20. The van der Waals surface area contributed by atoms with Crippen LogP contribution >= 0.6 is 0 Å². The van der Waals surface area contributed by atoms with Crippen LogP contribution in [0.25, 0.3) is 0 Å². The van der Waals surface area contributed by atoms with Crippen molar-refractivity contribution in [1.82, 2.24) is 4.90 Å². The molecule has 0 spiro atoms. The normalized spacial score (nSPS) is 20.1. The molecule has 1 saturated heterocycles. The number of nitriles is 1. The van der Waals surface area contributed by atoms with Crippen LogP contribution in [0.3, 0.4) is 0 Å². The second-order valence-corrected chi connectivity index (χ2v) is 4.18. The van der Waals surface area contributed by atoms with Gasteiger partial charge in [-0.1, -0.05) is 12.1 Å². The van der Waals surface area contributed by atoms with Crippen molar-refractivity contribution in [3.63, 3.8) is 0 Å². The molecule has 1 heterocycles. The van der Waals surface area contributed by atoms with Crippen LogP contribution in [0.15, 0.2) is 24.3 Å². The molecule has 1 aliphatic rings. The average Bonchev–Trinajstić information content (AvgIpc) is 2.77. The zero-order chi connectivity index (χ0) is 12.3. The largest absolute Gasteiger partial charge is 0.284 e. The van der Waals surface area contributed by atoms with Crippen LogP contribution in [0.2, 0.25) is 0 Å². The molecule has 0 radical (unpaired) electrons. The summed E-state index contributed by atoms with van der Waals surface area (Å²) < 4.78 is 0. The first kappa shape index (κ1) is 11.6. The Morgan fingerprint density at radius 2 is 2.18 bits per heavy atom. The maximum Gasteiger partial charge on any atom is 0.269 e. The Morgan fingerprint density at radius 1 is 1.47 bits per heavy atom. The quantitative estimate of drug-likeness (QED) is 0.590. The molecule has 0 aromatic heterocycles. The van der Waals surface area contributed by atoms with E-state index in [0.717, 1.165) is 24.9 Å². The van der Waals surface area contributed by atoms with Gasteiger partial charge in [0.25, 0.3) is 5.69 Å². The highest BCUT2D eigenvalue weighted by Gasteiger charge is 2.23. The van der Waals surface area contributed by atoms with Gasteiger partial charge in [0, 0.05) is 18.7 Å². The van der Waals surface area contributed by atoms with Crippen LogP contribution in [-0.2, 0) is 6.54 Å². The van der Waals surface area contributed by atoms with Gasteiger partial charge in [-0.3, -0.25) is 15.0 Å². The van der Waals surface area contributed by atoms with Crippen molar-refractivity contribution in [2.75, 3.05) is 6.54 Å². The molecule has 0 saturated carbocycles. The molecule has 1 unspecified atom stereocenters. The monoisotopic (exact) mass is 231 g/mol. The standard InChI is InChI=1S/C12H13N3O2/c13-8-12-2-1-7-14(12)9-10-3-5-11(6-4-10)15(16)17/h3-6,12H,1-2,7,9H2. The first-order valence-electron chi connectivity index (χ1n) is 5.57. The Bertz CT molecular complexity index is 450. The summed E-state index contributed by atoms with van der Waals surface area (Å²) in [5.74, 6) is 0. The predicted octanol–water partition coefficient (Wildman–Crippen LogP) is 2.08. The molecule has 5 heteroatoms. The van der Waals surface area contributed by atoms with Crippen LogP contribution in [0.1, 0.15) is 18.4 Å². The number of nitro benzene ring substituents is 1. The molecule has 1 aromatic carbocycles. The van der Waals surface area contributed by atoms with Gasteiger partial charge in [-0.2, -0.15) is 5.26 Å². The minimum Gasteiger partial charge on any atom is -0.284 e. The van der Waals surface area contributed by atoms with Gasteiger partial charge in [0.15, 0.2) is 0 Å². The fraction of sp³-hybridized carbons (Fsp3) is 0.417. The highest BCUT2D eigenvalue weighted by molar-refractivity contribution is 5.32. The molecule has 0 N–H and O–H groups in total. The van der Waals surface area contributed by atoms with E-state index >= 15 is 0 Å². The fourth-order valence-corrected chi connectivity index (χ4v) is 2.12. The van der Waals surface area contributed by atoms with E-state index in [9.17, 15) is 10.1 Å². The van der Waals surface area contributed by atoms with Crippen LogP contribution in [0.4, 0.5) is 5.69 Å². The first-order chi connectivity index (χ1) is 8.20. The molecule has 0 amide bonds. The number of benzene rings is 1. The minimum absolute atomic E-state index is 0.00908. The van der Waals surface area contributed by atoms with Gasteiger partial charge in [-0.25, -0.2) is 0 Å². The first-order valence-corrected chi connectivity index (χ1v) is 5.57. The SMILES string of the molecule is N#CC1CCCN1Cc1ccc([N+](=O)[O-])cc1. The smallest absolute Gasteiger partial charge is 0.269 e. The van der Waals surface area contributed by atoms with Crippen molar-refractivity contribution >= 4 is 5.69 Å². The lowest BCUT2D eigenvalue weighted by Gasteiger charge is -2.18. The van der Waals surface area contributed by atoms with Crippen molar-refractivity contribution in [2.45, 2.75) is 25.4 Å². The van der Waals surface area contributed by atoms with E-state index in [1.54, 1.807) is 12.1 Å². The van der Waals surface area contributed by atoms with E-state index < -0.39 is 4.92 Å². The summed E-state index contributed by atoms with van der Waals surface area (Å²) in [5.41, 5.74) is 1.12. The lowest BCUT2D eigenvalue weighted by atomic mass is 10.2. The molecular weight excluding hydrogens is 218 g/mol. The topological polar surface area (TPSA) is 70.2 Å². The Hall–Kier alpha value is -1.93. The molecule has 88 valence electrons. The molecule has 0 aliphatic carbocycles. The van der Waals surface area contributed by atoms with Crippen LogP contribution in [0.5, 0.6) is 0 Å². The van der Waals surface area contributed by atoms with E-state index in [2.05, 4.69) is 11.0 Å². The van der Waals surface area contributed by atoms with Crippen molar-refractivity contribution in [3.05, 3.63) is 39.9 Å². The molecule has 5 nitrogen and oxygen atoms in total. The van der Waals surface area contributed by atoms with Gasteiger partial charge in [-0.05, 0) is 24.9 Å². The summed E-state index contributed by atoms with van der Waals surface area (Å²) >= 11 is 0. The third-order valence-electron chi connectivity index (χ3n) is 3.05. The van der Waals surface area contributed by atoms with Crippen LogP contribution in [-0.4, -0.2) is 22.4 Å². The average molecular weight is 231 g/mol. The summed E-state index contributed by atoms with van der Waals surface area (Å²) in [6.45, 7) is 1.62. The zero-order valence-electron chi connectivity index (χ0n) is 9.37. The predicted molar refractivity (Wildman–Crippen MR) is 62.1 cm³/mol. The van der Waals surface area contributed by atoms with Gasteiger partial charge in [0.1, 0.15) is 0 Å². The van der Waals surface area contributed by atoms with Crippen molar-refractivity contribution in [1.29, 1.82) is 5.26 Å². The van der Waals surface area contributed by atoms with Gasteiger partial charge in [-0.15, -0.1) is 0 Å². The van der Waals surface area contributed by atoms with E-state index in [4.69, 9.17) is 5.26 Å². The highest BCUT2D eigenvalue weighted by atomic mass is 16.6. The fourth-order valence-electron chi connectivity index (χ4n) is 2.12. The number of nitro groups is 1. The number of nitrogens with zero attached hydrogens (tertiary/aromatic N) is 3. The number of non-ortho nitro benzene ring substituents is 1. The second kappa shape index (κ2) is 4.93.